The van der Waals surface area contributed by atoms with Crippen molar-refractivity contribution in [3.8, 4) is 5.69 Å². The van der Waals surface area contributed by atoms with Gasteiger partial charge in [-0.3, -0.25) is 10.1 Å². The first-order valence-corrected chi connectivity index (χ1v) is 6.92. The Morgan fingerprint density at radius 1 is 1.33 bits per heavy atom. The van der Waals surface area contributed by atoms with E-state index in [4.69, 9.17) is 0 Å². The number of H-pyrrole nitrogens is 1. The molecule has 7 nitrogen and oxygen atoms in total. The smallest absolute Gasteiger partial charge is 0.261 e. The number of halogens is 1. The number of anilines is 1. The van der Waals surface area contributed by atoms with Gasteiger partial charge in [0.05, 0.1) is 23.1 Å². The van der Waals surface area contributed by atoms with Crippen LogP contribution < -0.4 is 5.32 Å². The van der Waals surface area contributed by atoms with Crippen LogP contribution in [0.3, 0.4) is 0 Å². The number of carbonyl (C=O) groups excluding carboxylic acids is 1. The van der Waals surface area contributed by atoms with Crippen LogP contribution in [-0.4, -0.2) is 30.9 Å². The number of rotatable bonds is 3. The lowest BCUT2D eigenvalue weighted by atomic mass is 10.2. The highest BCUT2D eigenvalue weighted by Crippen LogP contribution is 2.17. The zero-order valence-corrected chi connectivity index (χ0v) is 12.6. The molecule has 0 spiro atoms. The molecule has 0 atom stereocenters. The highest BCUT2D eigenvalue weighted by molar-refractivity contribution is 9.10. The van der Waals surface area contributed by atoms with Gasteiger partial charge in [-0.1, -0.05) is 15.9 Å². The summed E-state index contributed by atoms with van der Waals surface area (Å²) in [6.07, 6.45) is 2.86. The number of benzene rings is 1. The molecule has 0 radical (unpaired) electrons. The average Bonchev–Trinajstić information content (AvgIpc) is 3.09. The first-order chi connectivity index (χ1) is 10.1. The van der Waals surface area contributed by atoms with Gasteiger partial charge in [-0.05, 0) is 31.2 Å². The molecule has 3 rings (SSSR count). The van der Waals surface area contributed by atoms with Crippen molar-refractivity contribution in [3.63, 3.8) is 0 Å². The quantitative estimate of drug-likeness (QED) is 0.761. The Labute approximate surface area is 128 Å². The summed E-state index contributed by atoms with van der Waals surface area (Å²) in [5.74, 6) is 0.0170. The van der Waals surface area contributed by atoms with Gasteiger partial charge in [0.25, 0.3) is 5.91 Å². The van der Waals surface area contributed by atoms with E-state index >= 15 is 0 Å². The third-order valence-electron chi connectivity index (χ3n) is 2.97. The first kappa shape index (κ1) is 13.5. The van der Waals surface area contributed by atoms with E-state index in [1.165, 1.54) is 12.5 Å². The lowest BCUT2D eigenvalue weighted by molar-refractivity contribution is 0.102. The third-order valence-corrected chi connectivity index (χ3v) is 3.50. The zero-order chi connectivity index (χ0) is 14.8. The van der Waals surface area contributed by atoms with E-state index in [1.807, 2.05) is 31.2 Å². The van der Waals surface area contributed by atoms with E-state index < -0.39 is 0 Å². The Bertz CT molecular complexity index is 763. The summed E-state index contributed by atoms with van der Waals surface area (Å²) in [6.45, 7) is 1.84. The van der Waals surface area contributed by atoms with Crippen molar-refractivity contribution in [1.82, 2.24) is 25.0 Å². The maximum atomic E-state index is 12.2. The number of nitrogens with zero attached hydrogens (tertiary/aromatic N) is 4. The van der Waals surface area contributed by atoms with Gasteiger partial charge in [0, 0.05) is 4.47 Å². The Hall–Kier alpha value is -2.48. The highest BCUT2D eigenvalue weighted by Gasteiger charge is 2.16. The molecule has 1 aromatic carbocycles. The van der Waals surface area contributed by atoms with Gasteiger partial charge in [0.15, 0.2) is 0 Å². The van der Waals surface area contributed by atoms with Gasteiger partial charge in [-0.25, -0.2) is 9.78 Å². The van der Waals surface area contributed by atoms with Crippen LogP contribution in [-0.2, 0) is 0 Å². The molecule has 3 aromatic rings. The van der Waals surface area contributed by atoms with Crippen molar-refractivity contribution < 1.29 is 4.79 Å². The summed E-state index contributed by atoms with van der Waals surface area (Å²) in [4.78, 5) is 16.0. The minimum atomic E-state index is -0.285. The fourth-order valence-electron chi connectivity index (χ4n) is 1.92. The first-order valence-electron chi connectivity index (χ1n) is 6.12. The molecule has 106 valence electrons. The second kappa shape index (κ2) is 5.49. The van der Waals surface area contributed by atoms with Gasteiger partial charge < -0.3 is 0 Å². The summed E-state index contributed by atoms with van der Waals surface area (Å²) in [6, 6.07) is 7.68. The largest absolute Gasteiger partial charge is 0.291 e. The van der Waals surface area contributed by atoms with Crippen molar-refractivity contribution in [2.75, 3.05) is 5.32 Å². The Morgan fingerprint density at radius 3 is 2.76 bits per heavy atom. The van der Waals surface area contributed by atoms with Crippen molar-refractivity contribution in [2.45, 2.75) is 6.92 Å². The molecular formula is C13H11BrN6O. The maximum Gasteiger partial charge on any atom is 0.261 e. The average molecular weight is 347 g/mol. The summed E-state index contributed by atoms with van der Waals surface area (Å²) in [5, 5.41) is 13.1. The molecule has 1 amide bonds. The number of hydrogen-bond donors (Lipinski definition) is 2. The van der Waals surface area contributed by atoms with Gasteiger partial charge >= 0.3 is 0 Å². The zero-order valence-electron chi connectivity index (χ0n) is 11.0. The molecule has 2 heterocycles. The van der Waals surface area contributed by atoms with Crippen LogP contribution in [0.2, 0.25) is 0 Å². The van der Waals surface area contributed by atoms with Crippen LogP contribution in [0.5, 0.6) is 0 Å². The molecule has 0 unspecified atom stereocenters. The second-order valence-electron chi connectivity index (χ2n) is 4.32. The predicted octanol–water partition coefficient (Wildman–Crippen LogP) is 2.31. The number of carbonyl (C=O) groups is 1. The van der Waals surface area contributed by atoms with Crippen molar-refractivity contribution in [3.05, 3.63) is 52.5 Å². The number of amides is 1. The van der Waals surface area contributed by atoms with Crippen LogP contribution >= 0.6 is 15.9 Å². The fourth-order valence-corrected chi connectivity index (χ4v) is 2.18. The van der Waals surface area contributed by atoms with Crippen LogP contribution in [0.1, 0.15) is 16.1 Å². The lowest BCUT2D eigenvalue weighted by Gasteiger charge is -2.05. The molecule has 0 aliphatic rings. The monoisotopic (exact) mass is 346 g/mol. The van der Waals surface area contributed by atoms with Crippen molar-refractivity contribution >= 4 is 27.8 Å². The molecule has 2 aromatic heterocycles. The second-order valence-corrected chi connectivity index (χ2v) is 5.24. The van der Waals surface area contributed by atoms with Gasteiger partial charge in [0.1, 0.15) is 6.33 Å². The van der Waals surface area contributed by atoms with Crippen LogP contribution in [0.4, 0.5) is 5.95 Å². The SMILES string of the molecule is Cc1c(C(=O)Nc2ncn[nH]2)cnn1-c1ccc(Br)cc1. The normalized spacial score (nSPS) is 10.6. The summed E-state index contributed by atoms with van der Waals surface area (Å²) < 4.78 is 2.70. The Morgan fingerprint density at radius 2 is 2.10 bits per heavy atom. The summed E-state index contributed by atoms with van der Waals surface area (Å²) in [7, 11) is 0. The summed E-state index contributed by atoms with van der Waals surface area (Å²) in [5.41, 5.74) is 2.11. The standard InChI is InChI=1S/C13H11BrN6O/c1-8-11(12(21)18-13-15-7-16-19-13)6-17-20(8)10-4-2-9(14)3-5-10/h2-7H,1H3,(H2,15,16,18,19,21). The van der Waals surface area contributed by atoms with Gasteiger partial charge in [0.2, 0.25) is 5.95 Å². The summed E-state index contributed by atoms with van der Waals surface area (Å²) >= 11 is 3.39. The molecular weight excluding hydrogens is 336 g/mol. The molecule has 8 heteroatoms. The van der Waals surface area contributed by atoms with E-state index in [0.29, 0.717) is 11.5 Å². The molecule has 0 fully saturated rings. The topological polar surface area (TPSA) is 88.5 Å². The maximum absolute atomic E-state index is 12.2. The fraction of sp³-hybridized carbons (Fsp3) is 0.0769. The molecule has 0 saturated carbocycles. The number of aromatic nitrogens is 5. The van der Waals surface area contributed by atoms with Crippen molar-refractivity contribution in [1.29, 1.82) is 0 Å². The molecule has 21 heavy (non-hydrogen) atoms. The van der Waals surface area contributed by atoms with Crippen LogP contribution in [0, 0.1) is 6.92 Å². The van der Waals surface area contributed by atoms with E-state index in [9.17, 15) is 4.79 Å². The Kier molecular flexibility index (Phi) is 3.53. The molecule has 0 bridgehead atoms. The van der Waals surface area contributed by atoms with E-state index in [0.717, 1.165) is 15.9 Å². The van der Waals surface area contributed by atoms with Gasteiger partial charge in [-0.15, -0.1) is 0 Å². The number of hydrogen-bond acceptors (Lipinski definition) is 4. The third kappa shape index (κ3) is 2.70. The van der Waals surface area contributed by atoms with Crippen LogP contribution in [0.15, 0.2) is 41.3 Å². The van der Waals surface area contributed by atoms with Gasteiger partial charge in [-0.2, -0.15) is 15.2 Å². The molecule has 0 aliphatic carbocycles. The number of aromatic amines is 1. The molecule has 0 saturated heterocycles. The minimum absolute atomic E-state index is 0.285. The van der Waals surface area contributed by atoms with E-state index in [1.54, 1.807) is 4.68 Å². The Balaban J connectivity index is 1.88. The van der Waals surface area contributed by atoms with E-state index in [2.05, 4.69) is 41.5 Å². The lowest BCUT2D eigenvalue weighted by Crippen LogP contribution is -2.14. The van der Waals surface area contributed by atoms with E-state index in [-0.39, 0.29) is 5.91 Å². The highest BCUT2D eigenvalue weighted by atomic mass is 79.9. The van der Waals surface area contributed by atoms with Crippen LogP contribution in [0.25, 0.3) is 5.69 Å². The minimum Gasteiger partial charge on any atom is -0.291 e. The number of nitrogens with one attached hydrogen (secondary N) is 2. The molecule has 2 N–H and O–H groups in total. The molecule has 0 aliphatic heterocycles. The van der Waals surface area contributed by atoms with Crippen molar-refractivity contribution in [2.24, 2.45) is 0 Å². The predicted molar refractivity (Wildman–Crippen MR) is 80.3 cm³/mol.